The Bertz CT molecular complexity index is 734. The normalized spacial score (nSPS) is 10.1. The van der Waals surface area contributed by atoms with Gasteiger partial charge in [-0.3, -0.25) is 14.9 Å². The molecule has 0 saturated heterocycles. The molecule has 0 aliphatic rings. The van der Waals surface area contributed by atoms with E-state index in [1.54, 1.807) is 31.4 Å². The van der Waals surface area contributed by atoms with Gasteiger partial charge in [-0.2, -0.15) is 0 Å². The lowest BCUT2D eigenvalue weighted by Gasteiger charge is -2.09. The molecular formula is C16H15ClN2O5. The van der Waals surface area contributed by atoms with Crippen molar-refractivity contribution in [3.63, 3.8) is 0 Å². The highest BCUT2D eigenvalue weighted by molar-refractivity contribution is 6.31. The Hall–Kier alpha value is -2.80. The standard InChI is InChI=1S/C16H15ClN2O5/c1-23-12-3-5-13(6-4-12)24-9-8-18-16(20)14-10-11(17)2-7-15(14)19(21)22/h2-7,10H,8-9H2,1H3,(H,18,20). The number of nitro groups is 1. The van der Waals surface area contributed by atoms with Gasteiger partial charge in [-0.15, -0.1) is 0 Å². The molecular weight excluding hydrogens is 336 g/mol. The number of methoxy groups -OCH3 is 1. The number of rotatable bonds is 7. The fourth-order valence-corrected chi connectivity index (χ4v) is 2.12. The largest absolute Gasteiger partial charge is 0.497 e. The summed E-state index contributed by atoms with van der Waals surface area (Å²) in [6.45, 7) is 0.404. The van der Waals surface area contributed by atoms with Gasteiger partial charge in [0.15, 0.2) is 0 Å². The van der Waals surface area contributed by atoms with Gasteiger partial charge in [0.1, 0.15) is 23.7 Å². The zero-order valence-corrected chi connectivity index (χ0v) is 13.6. The van der Waals surface area contributed by atoms with E-state index in [0.29, 0.717) is 11.5 Å². The smallest absolute Gasteiger partial charge is 0.282 e. The molecule has 2 aromatic carbocycles. The van der Waals surface area contributed by atoms with E-state index in [4.69, 9.17) is 21.1 Å². The SMILES string of the molecule is COc1ccc(OCCNC(=O)c2cc(Cl)ccc2[N+](=O)[O-])cc1. The van der Waals surface area contributed by atoms with Gasteiger partial charge in [0.05, 0.1) is 18.6 Å². The maximum Gasteiger partial charge on any atom is 0.282 e. The van der Waals surface area contributed by atoms with E-state index in [9.17, 15) is 14.9 Å². The van der Waals surface area contributed by atoms with Crippen LogP contribution in [0.1, 0.15) is 10.4 Å². The predicted molar refractivity (Wildman–Crippen MR) is 88.9 cm³/mol. The molecule has 0 fully saturated rings. The lowest BCUT2D eigenvalue weighted by Crippen LogP contribution is -2.28. The van der Waals surface area contributed by atoms with Gasteiger partial charge >= 0.3 is 0 Å². The summed E-state index contributed by atoms with van der Waals surface area (Å²) in [4.78, 5) is 22.4. The number of benzene rings is 2. The highest BCUT2D eigenvalue weighted by atomic mass is 35.5. The molecule has 126 valence electrons. The predicted octanol–water partition coefficient (Wildman–Crippen LogP) is 3.07. The number of carbonyl (C=O) groups is 1. The molecule has 0 aromatic heterocycles. The highest BCUT2D eigenvalue weighted by Gasteiger charge is 2.20. The first kappa shape index (κ1) is 17.6. The average molecular weight is 351 g/mol. The fraction of sp³-hybridized carbons (Fsp3) is 0.188. The Labute approximate surface area is 143 Å². The molecule has 0 bridgehead atoms. The van der Waals surface area contributed by atoms with E-state index in [0.717, 1.165) is 0 Å². The van der Waals surface area contributed by atoms with Crippen LogP contribution in [0, 0.1) is 10.1 Å². The summed E-state index contributed by atoms with van der Waals surface area (Å²) in [5.41, 5.74) is -0.384. The summed E-state index contributed by atoms with van der Waals surface area (Å²) in [5.74, 6) is 0.755. The fourth-order valence-electron chi connectivity index (χ4n) is 1.95. The monoisotopic (exact) mass is 350 g/mol. The number of ether oxygens (including phenoxy) is 2. The van der Waals surface area contributed by atoms with Crippen molar-refractivity contribution in [3.8, 4) is 11.5 Å². The van der Waals surface area contributed by atoms with Crippen molar-refractivity contribution in [1.82, 2.24) is 5.32 Å². The zero-order chi connectivity index (χ0) is 17.5. The van der Waals surface area contributed by atoms with Crippen molar-refractivity contribution >= 4 is 23.2 Å². The number of halogens is 1. The third kappa shape index (κ3) is 4.60. The molecule has 7 nitrogen and oxygen atoms in total. The Kier molecular flexibility index (Phi) is 5.97. The van der Waals surface area contributed by atoms with Gasteiger partial charge in [0, 0.05) is 11.1 Å². The number of hydrogen-bond donors (Lipinski definition) is 1. The van der Waals surface area contributed by atoms with Crippen LogP contribution in [0.2, 0.25) is 5.02 Å². The summed E-state index contributed by atoms with van der Waals surface area (Å²) in [6.07, 6.45) is 0. The summed E-state index contributed by atoms with van der Waals surface area (Å²) in [5, 5.41) is 13.8. The molecule has 0 heterocycles. The molecule has 0 radical (unpaired) electrons. The van der Waals surface area contributed by atoms with Crippen molar-refractivity contribution in [2.75, 3.05) is 20.3 Å². The first-order valence-electron chi connectivity index (χ1n) is 7.00. The molecule has 1 amide bonds. The van der Waals surface area contributed by atoms with E-state index >= 15 is 0 Å². The van der Waals surface area contributed by atoms with Crippen molar-refractivity contribution in [2.24, 2.45) is 0 Å². The minimum atomic E-state index is -0.626. The molecule has 0 spiro atoms. The van der Waals surface area contributed by atoms with Crippen molar-refractivity contribution in [2.45, 2.75) is 0 Å². The van der Waals surface area contributed by atoms with Gasteiger partial charge in [-0.1, -0.05) is 11.6 Å². The lowest BCUT2D eigenvalue weighted by molar-refractivity contribution is -0.385. The summed E-state index contributed by atoms with van der Waals surface area (Å²) < 4.78 is 10.5. The molecule has 2 aromatic rings. The quantitative estimate of drug-likeness (QED) is 0.471. The average Bonchev–Trinajstić information content (AvgIpc) is 2.58. The van der Waals surface area contributed by atoms with Crippen molar-refractivity contribution < 1.29 is 19.2 Å². The van der Waals surface area contributed by atoms with Crippen molar-refractivity contribution in [1.29, 1.82) is 0 Å². The van der Waals surface area contributed by atoms with Crippen LogP contribution >= 0.6 is 11.6 Å². The van der Waals surface area contributed by atoms with Crippen LogP contribution < -0.4 is 14.8 Å². The van der Waals surface area contributed by atoms with Gasteiger partial charge in [-0.05, 0) is 36.4 Å². The maximum absolute atomic E-state index is 12.1. The second-order valence-corrected chi connectivity index (χ2v) is 5.13. The Morgan fingerprint density at radius 1 is 1.21 bits per heavy atom. The Morgan fingerprint density at radius 2 is 1.88 bits per heavy atom. The van der Waals surface area contributed by atoms with Crippen LogP contribution in [-0.2, 0) is 0 Å². The minimum Gasteiger partial charge on any atom is -0.497 e. The van der Waals surface area contributed by atoms with Gasteiger partial charge < -0.3 is 14.8 Å². The first-order chi connectivity index (χ1) is 11.5. The van der Waals surface area contributed by atoms with Crippen LogP contribution in [0.25, 0.3) is 0 Å². The lowest BCUT2D eigenvalue weighted by atomic mass is 10.1. The molecule has 24 heavy (non-hydrogen) atoms. The van der Waals surface area contributed by atoms with E-state index in [2.05, 4.69) is 5.32 Å². The van der Waals surface area contributed by atoms with Crippen LogP contribution in [0.4, 0.5) is 5.69 Å². The van der Waals surface area contributed by atoms with Gasteiger partial charge in [-0.25, -0.2) is 0 Å². The number of hydrogen-bond acceptors (Lipinski definition) is 5. The maximum atomic E-state index is 12.1. The molecule has 2 rings (SSSR count). The molecule has 0 aliphatic carbocycles. The van der Waals surface area contributed by atoms with Gasteiger partial charge in [0.2, 0.25) is 0 Å². The van der Waals surface area contributed by atoms with Crippen LogP contribution in [0.3, 0.4) is 0 Å². The van der Waals surface area contributed by atoms with E-state index in [1.165, 1.54) is 18.2 Å². The van der Waals surface area contributed by atoms with E-state index < -0.39 is 10.8 Å². The van der Waals surface area contributed by atoms with Crippen LogP contribution in [0.5, 0.6) is 11.5 Å². The third-order valence-electron chi connectivity index (χ3n) is 3.12. The van der Waals surface area contributed by atoms with E-state index in [1.807, 2.05) is 0 Å². The second kappa shape index (κ2) is 8.16. The third-order valence-corrected chi connectivity index (χ3v) is 3.35. The van der Waals surface area contributed by atoms with Crippen LogP contribution in [-0.4, -0.2) is 31.1 Å². The topological polar surface area (TPSA) is 90.7 Å². The zero-order valence-electron chi connectivity index (χ0n) is 12.8. The van der Waals surface area contributed by atoms with Gasteiger partial charge in [0.25, 0.3) is 11.6 Å². The highest BCUT2D eigenvalue weighted by Crippen LogP contribution is 2.22. The summed E-state index contributed by atoms with van der Waals surface area (Å²) >= 11 is 5.79. The summed E-state index contributed by atoms with van der Waals surface area (Å²) in [7, 11) is 1.57. The number of amides is 1. The molecule has 1 N–H and O–H groups in total. The molecule has 8 heteroatoms. The van der Waals surface area contributed by atoms with E-state index in [-0.39, 0.29) is 29.4 Å². The molecule has 0 atom stereocenters. The Morgan fingerprint density at radius 3 is 2.50 bits per heavy atom. The number of nitrogens with one attached hydrogen (secondary N) is 1. The number of nitrogens with zero attached hydrogens (tertiary/aromatic N) is 1. The van der Waals surface area contributed by atoms with Crippen molar-refractivity contribution in [3.05, 3.63) is 63.2 Å². The molecule has 0 saturated carbocycles. The minimum absolute atomic E-state index is 0.0862. The molecule has 0 aliphatic heterocycles. The second-order valence-electron chi connectivity index (χ2n) is 4.70. The summed E-state index contributed by atoms with van der Waals surface area (Å²) in [6, 6.07) is 10.8. The molecule has 0 unspecified atom stereocenters. The van der Waals surface area contributed by atoms with Crippen LogP contribution in [0.15, 0.2) is 42.5 Å². The Balaban J connectivity index is 1.89. The number of carbonyl (C=O) groups excluding carboxylic acids is 1. The first-order valence-corrected chi connectivity index (χ1v) is 7.38. The number of nitro benzene ring substituents is 1.